The van der Waals surface area contributed by atoms with Crippen LogP contribution in [0.5, 0.6) is 0 Å². The minimum atomic E-state index is -3.05. The van der Waals surface area contributed by atoms with E-state index in [1.54, 1.807) is 26.3 Å². The maximum Gasteiger partial charge on any atom is 0.407 e. The third-order valence-corrected chi connectivity index (χ3v) is 3.34. The molecule has 0 aliphatic rings. The molecule has 0 bridgehead atoms. The fraction of sp³-hybridized carbons (Fsp3) is 0.692. The maximum atomic E-state index is 13.6. The molecule has 0 aliphatic heterocycles. The van der Waals surface area contributed by atoms with Gasteiger partial charge in [0.05, 0.1) is 24.3 Å². The van der Waals surface area contributed by atoms with Gasteiger partial charge in [0.25, 0.3) is 5.92 Å². The highest BCUT2D eigenvalue weighted by molar-refractivity contribution is 7.09. The summed E-state index contributed by atoms with van der Waals surface area (Å²) >= 11 is 1.42. The normalized spacial score (nSPS) is 12.3. The standard InChI is InChI=1S/C13H21F2N3O2S/c1-9-10(21-8-18-9)5-16-6-13(14,15)7-17-11(19)20-12(2,3)4/h8,16H,5-7H2,1-4H3,(H,17,19). The number of halogens is 2. The molecule has 0 radical (unpaired) electrons. The lowest BCUT2D eigenvalue weighted by atomic mass is 10.2. The zero-order valence-corrected chi connectivity index (χ0v) is 13.4. The summed E-state index contributed by atoms with van der Waals surface area (Å²) in [5.74, 6) is -3.05. The van der Waals surface area contributed by atoms with Crippen LogP contribution in [-0.2, 0) is 11.3 Å². The van der Waals surface area contributed by atoms with Crippen molar-refractivity contribution in [1.82, 2.24) is 15.6 Å². The number of nitrogens with one attached hydrogen (secondary N) is 2. The molecule has 1 aromatic rings. The molecule has 0 aliphatic carbocycles. The quantitative estimate of drug-likeness (QED) is 0.845. The van der Waals surface area contributed by atoms with Crippen molar-refractivity contribution in [3.05, 3.63) is 16.1 Å². The number of aromatic nitrogens is 1. The van der Waals surface area contributed by atoms with Gasteiger partial charge in [-0.2, -0.15) is 0 Å². The number of alkyl carbamates (subject to hydrolysis) is 1. The van der Waals surface area contributed by atoms with E-state index in [0.29, 0.717) is 6.54 Å². The number of aryl methyl sites for hydroxylation is 1. The summed E-state index contributed by atoms with van der Waals surface area (Å²) in [4.78, 5) is 16.3. The minimum absolute atomic E-state index is 0.332. The average molecular weight is 321 g/mol. The van der Waals surface area contributed by atoms with Crippen molar-refractivity contribution >= 4 is 17.4 Å². The van der Waals surface area contributed by atoms with Gasteiger partial charge >= 0.3 is 6.09 Å². The highest BCUT2D eigenvalue weighted by atomic mass is 32.1. The molecule has 0 saturated carbocycles. The van der Waals surface area contributed by atoms with E-state index in [-0.39, 0.29) is 0 Å². The summed E-state index contributed by atoms with van der Waals surface area (Å²) in [5.41, 5.74) is 1.80. The molecule has 5 nitrogen and oxygen atoms in total. The van der Waals surface area contributed by atoms with Crippen LogP contribution in [0, 0.1) is 6.92 Å². The van der Waals surface area contributed by atoms with Crippen molar-refractivity contribution in [2.75, 3.05) is 13.1 Å². The first kappa shape index (κ1) is 17.8. The van der Waals surface area contributed by atoms with E-state index in [9.17, 15) is 13.6 Å². The van der Waals surface area contributed by atoms with Crippen molar-refractivity contribution in [2.45, 2.75) is 45.8 Å². The molecule has 8 heteroatoms. The second kappa shape index (κ2) is 7.13. The van der Waals surface area contributed by atoms with E-state index in [2.05, 4.69) is 15.6 Å². The van der Waals surface area contributed by atoms with Crippen LogP contribution >= 0.6 is 11.3 Å². The highest BCUT2D eigenvalue weighted by Crippen LogP contribution is 2.14. The second-order valence-corrected chi connectivity index (χ2v) is 6.62. The largest absolute Gasteiger partial charge is 0.444 e. The molecule has 1 amide bonds. The number of nitrogens with zero attached hydrogens (tertiary/aromatic N) is 1. The van der Waals surface area contributed by atoms with Crippen LogP contribution in [0.2, 0.25) is 0 Å². The zero-order valence-electron chi connectivity index (χ0n) is 12.6. The lowest BCUT2D eigenvalue weighted by Gasteiger charge is -2.22. The molecular weight excluding hydrogens is 300 g/mol. The maximum absolute atomic E-state index is 13.6. The van der Waals surface area contributed by atoms with Crippen LogP contribution in [0.25, 0.3) is 0 Å². The number of rotatable bonds is 6. The lowest BCUT2D eigenvalue weighted by molar-refractivity contribution is -0.00373. The molecule has 2 N–H and O–H groups in total. The Morgan fingerprint density at radius 2 is 2.05 bits per heavy atom. The van der Waals surface area contributed by atoms with Gasteiger partial charge < -0.3 is 15.4 Å². The molecule has 1 rings (SSSR count). The van der Waals surface area contributed by atoms with Gasteiger partial charge in [-0.1, -0.05) is 0 Å². The number of alkyl halides is 2. The van der Waals surface area contributed by atoms with Gasteiger partial charge in [-0.25, -0.2) is 18.6 Å². The Hall–Kier alpha value is -1.28. The molecule has 0 saturated heterocycles. The van der Waals surface area contributed by atoms with Crippen LogP contribution in [-0.4, -0.2) is 35.7 Å². The third-order valence-electron chi connectivity index (χ3n) is 2.40. The summed E-state index contributed by atoms with van der Waals surface area (Å²) in [5, 5.41) is 4.74. The highest BCUT2D eigenvalue weighted by Gasteiger charge is 2.30. The Kier molecular flexibility index (Phi) is 6.03. The van der Waals surface area contributed by atoms with E-state index in [4.69, 9.17) is 4.74 Å². The van der Waals surface area contributed by atoms with Crippen LogP contribution in [0.15, 0.2) is 5.51 Å². The molecule has 0 aromatic carbocycles. The molecule has 1 heterocycles. The first-order valence-corrected chi connectivity index (χ1v) is 7.41. The first-order chi connectivity index (χ1) is 9.59. The molecule has 0 spiro atoms. The van der Waals surface area contributed by atoms with Gasteiger partial charge in [-0.15, -0.1) is 11.3 Å². The Morgan fingerprint density at radius 1 is 1.38 bits per heavy atom. The Labute approximate surface area is 127 Å². The number of thiazole rings is 1. The Morgan fingerprint density at radius 3 is 2.57 bits per heavy atom. The zero-order chi connectivity index (χ0) is 16.1. The number of ether oxygens (including phenoxy) is 1. The van der Waals surface area contributed by atoms with Gasteiger partial charge in [0.1, 0.15) is 5.60 Å². The molecular formula is C13H21F2N3O2S. The molecule has 0 fully saturated rings. The number of hydrogen-bond donors (Lipinski definition) is 2. The summed E-state index contributed by atoms with van der Waals surface area (Å²) in [6.07, 6.45) is -0.847. The van der Waals surface area contributed by atoms with Gasteiger partial charge in [-0.05, 0) is 27.7 Å². The predicted molar refractivity (Wildman–Crippen MR) is 77.7 cm³/mol. The van der Waals surface area contributed by atoms with Crippen LogP contribution in [0.3, 0.4) is 0 Å². The number of hydrogen-bond acceptors (Lipinski definition) is 5. The van der Waals surface area contributed by atoms with E-state index in [0.717, 1.165) is 10.6 Å². The number of carbonyl (C=O) groups excluding carboxylic acids is 1. The Balaban J connectivity index is 2.30. The summed E-state index contributed by atoms with van der Waals surface area (Å²) < 4.78 is 32.1. The predicted octanol–water partition coefficient (Wildman–Crippen LogP) is 2.70. The Bertz CT molecular complexity index is 472. The lowest BCUT2D eigenvalue weighted by Crippen LogP contribution is -2.44. The molecule has 0 atom stereocenters. The summed E-state index contributed by atoms with van der Waals surface area (Å²) in [7, 11) is 0. The van der Waals surface area contributed by atoms with Crippen molar-refractivity contribution in [1.29, 1.82) is 0 Å². The van der Waals surface area contributed by atoms with Crippen molar-refractivity contribution in [3.63, 3.8) is 0 Å². The van der Waals surface area contributed by atoms with Crippen molar-refractivity contribution < 1.29 is 18.3 Å². The summed E-state index contributed by atoms with van der Waals surface area (Å²) in [6, 6.07) is 0. The van der Waals surface area contributed by atoms with Gasteiger partial charge in [-0.3, -0.25) is 0 Å². The van der Waals surface area contributed by atoms with E-state index in [1.165, 1.54) is 11.3 Å². The van der Waals surface area contributed by atoms with Crippen molar-refractivity contribution in [3.8, 4) is 0 Å². The average Bonchev–Trinajstić information content (AvgIpc) is 2.71. The third kappa shape index (κ3) is 7.33. The van der Waals surface area contributed by atoms with Gasteiger partial charge in [0, 0.05) is 11.4 Å². The number of carbonyl (C=O) groups is 1. The van der Waals surface area contributed by atoms with Gasteiger partial charge in [0.15, 0.2) is 0 Å². The first-order valence-electron chi connectivity index (χ1n) is 6.53. The molecule has 120 valence electrons. The molecule has 21 heavy (non-hydrogen) atoms. The van der Waals surface area contributed by atoms with Crippen LogP contribution in [0.1, 0.15) is 31.3 Å². The van der Waals surface area contributed by atoms with Crippen molar-refractivity contribution in [2.24, 2.45) is 0 Å². The van der Waals surface area contributed by atoms with E-state index < -0.39 is 30.7 Å². The molecule has 1 aromatic heterocycles. The summed E-state index contributed by atoms with van der Waals surface area (Å²) in [6.45, 7) is 5.88. The van der Waals surface area contributed by atoms with Crippen LogP contribution < -0.4 is 10.6 Å². The fourth-order valence-electron chi connectivity index (χ4n) is 1.43. The smallest absolute Gasteiger partial charge is 0.407 e. The van der Waals surface area contributed by atoms with Crippen LogP contribution in [0.4, 0.5) is 13.6 Å². The topological polar surface area (TPSA) is 63.2 Å². The minimum Gasteiger partial charge on any atom is -0.444 e. The van der Waals surface area contributed by atoms with Gasteiger partial charge in [0.2, 0.25) is 0 Å². The van der Waals surface area contributed by atoms with E-state index in [1.807, 2.05) is 6.92 Å². The fourth-order valence-corrected chi connectivity index (χ4v) is 2.18. The van der Waals surface area contributed by atoms with E-state index >= 15 is 0 Å². The monoisotopic (exact) mass is 321 g/mol. The molecule has 0 unspecified atom stereocenters. The second-order valence-electron chi connectivity index (χ2n) is 5.68. The number of amides is 1. The SMILES string of the molecule is Cc1ncsc1CNCC(F)(F)CNC(=O)OC(C)(C)C.